The van der Waals surface area contributed by atoms with Gasteiger partial charge < -0.3 is 4.90 Å². The Morgan fingerprint density at radius 3 is 1.60 bits per heavy atom. The molecule has 0 aliphatic carbocycles. The number of rotatable bonds is 5. The fourth-order valence-electron chi connectivity index (χ4n) is 3.95. The Morgan fingerprint density at radius 1 is 0.700 bits per heavy atom. The lowest BCUT2D eigenvalue weighted by atomic mass is 9.87. The molecule has 1 nitrogen and oxygen atoms in total. The van der Waals surface area contributed by atoms with E-state index in [-0.39, 0.29) is 5.41 Å². The van der Waals surface area contributed by atoms with E-state index in [9.17, 15) is 0 Å². The quantitative estimate of drug-likeness (QED) is 0.415. The highest BCUT2D eigenvalue weighted by atomic mass is 15.1. The fourth-order valence-corrected chi connectivity index (χ4v) is 3.95. The molecule has 0 saturated heterocycles. The summed E-state index contributed by atoms with van der Waals surface area (Å²) in [7, 11) is 0. The van der Waals surface area contributed by atoms with Crippen LogP contribution in [-0.4, -0.2) is 0 Å². The van der Waals surface area contributed by atoms with Gasteiger partial charge in [-0.2, -0.15) is 0 Å². The summed E-state index contributed by atoms with van der Waals surface area (Å²) in [6.45, 7) is 18.0. The summed E-state index contributed by atoms with van der Waals surface area (Å²) in [6, 6.07) is 22.7. The van der Waals surface area contributed by atoms with Crippen LogP contribution in [-0.2, 0) is 11.8 Å². The summed E-state index contributed by atoms with van der Waals surface area (Å²) in [4.78, 5) is 2.38. The van der Waals surface area contributed by atoms with E-state index in [0.717, 1.165) is 6.42 Å². The van der Waals surface area contributed by atoms with Gasteiger partial charge in [0.1, 0.15) is 0 Å². The first-order chi connectivity index (χ1) is 14.1. The van der Waals surface area contributed by atoms with Gasteiger partial charge in [0.15, 0.2) is 0 Å². The predicted molar refractivity (Wildman–Crippen MR) is 133 cm³/mol. The van der Waals surface area contributed by atoms with Gasteiger partial charge in [-0.3, -0.25) is 0 Å². The number of aryl methyl sites for hydroxylation is 2. The molecular formula is C29H37N. The molecule has 0 unspecified atom stereocenters. The molecule has 0 aromatic heterocycles. The molecule has 0 bridgehead atoms. The van der Waals surface area contributed by atoms with E-state index < -0.39 is 0 Å². The number of nitrogens with zero attached hydrogens (tertiary/aromatic N) is 1. The van der Waals surface area contributed by atoms with E-state index >= 15 is 0 Å². The van der Waals surface area contributed by atoms with E-state index in [1.165, 1.54) is 44.9 Å². The molecule has 0 heterocycles. The molecule has 0 spiro atoms. The first kappa shape index (κ1) is 22.2. The van der Waals surface area contributed by atoms with Crippen molar-refractivity contribution in [1.82, 2.24) is 0 Å². The third-order valence-corrected chi connectivity index (χ3v) is 6.00. The summed E-state index contributed by atoms with van der Waals surface area (Å²) >= 11 is 0. The lowest BCUT2D eigenvalue weighted by molar-refractivity contribution is 0.590. The molecule has 3 aromatic rings. The highest BCUT2D eigenvalue weighted by Crippen LogP contribution is 2.37. The number of hydrogen-bond donors (Lipinski definition) is 0. The summed E-state index contributed by atoms with van der Waals surface area (Å²) in [5.74, 6) is 0.666. The molecule has 158 valence electrons. The summed E-state index contributed by atoms with van der Waals surface area (Å²) < 4.78 is 0. The van der Waals surface area contributed by atoms with Crippen LogP contribution in [0, 0.1) is 26.7 Å². The standard InChI is InChI=1S/C29H37N/c1-20(2)17-24-9-13-26(14-10-24)30(28-18-21(3)23(5)22(4)19-28)27-15-11-25(12-16-27)29(6,7)8/h9-16,18-20H,17H2,1-8H3. The van der Waals surface area contributed by atoms with E-state index in [4.69, 9.17) is 0 Å². The molecule has 0 atom stereocenters. The molecule has 0 aliphatic rings. The van der Waals surface area contributed by atoms with Crippen molar-refractivity contribution in [1.29, 1.82) is 0 Å². The molecule has 0 saturated carbocycles. The smallest absolute Gasteiger partial charge is 0.0467 e. The topological polar surface area (TPSA) is 3.24 Å². The molecule has 0 amide bonds. The maximum absolute atomic E-state index is 2.38. The van der Waals surface area contributed by atoms with Crippen LogP contribution in [0.2, 0.25) is 0 Å². The van der Waals surface area contributed by atoms with Gasteiger partial charge in [-0.1, -0.05) is 58.9 Å². The molecule has 0 N–H and O–H groups in total. The van der Waals surface area contributed by atoms with Gasteiger partial charge in [0.25, 0.3) is 0 Å². The van der Waals surface area contributed by atoms with Gasteiger partial charge >= 0.3 is 0 Å². The van der Waals surface area contributed by atoms with Crippen molar-refractivity contribution < 1.29 is 0 Å². The Labute approximate surface area is 183 Å². The lowest BCUT2D eigenvalue weighted by Gasteiger charge is -2.28. The molecule has 3 aromatic carbocycles. The van der Waals surface area contributed by atoms with Crippen molar-refractivity contribution >= 4 is 17.1 Å². The van der Waals surface area contributed by atoms with Crippen LogP contribution >= 0.6 is 0 Å². The van der Waals surface area contributed by atoms with Crippen LogP contribution in [0.4, 0.5) is 17.1 Å². The Hall–Kier alpha value is -2.54. The Bertz CT molecular complexity index is 963. The second-order valence-electron chi connectivity index (χ2n) is 10.1. The van der Waals surface area contributed by atoms with Crippen molar-refractivity contribution in [3.05, 3.63) is 88.5 Å². The zero-order valence-corrected chi connectivity index (χ0v) is 20.0. The highest BCUT2D eigenvalue weighted by molar-refractivity contribution is 5.77. The van der Waals surface area contributed by atoms with Gasteiger partial charge in [-0.05, 0) is 103 Å². The summed E-state index contributed by atoms with van der Waals surface area (Å²) in [6.07, 6.45) is 1.11. The lowest BCUT2D eigenvalue weighted by Crippen LogP contribution is -2.13. The van der Waals surface area contributed by atoms with Gasteiger partial charge in [-0.25, -0.2) is 0 Å². The zero-order chi connectivity index (χ0) is 22.1. The van der Waals surface area contributed by atoms with Gasteiger partial charge in [0.2, 0.25) is 0 Å². The minimum Gasteiger partial charge on any atom is -0.310 e. The predicted octanol–water partition coefficient (Wildman–Crippen LogP) is 8.58. The van der Waals surface area contributed by atoms with Crippen LogP contribution in [0.15, 0.2) is 60.7 Å². The Balaban J connectivity index is 2.10. The minimum absolute atomic E-state index is 0.152. The number of hydrogen-bond acceptors (Lipinski definition) is 1. The van der Waals surface area contributed by atoms with Gasteiger partial charge in [-0.15, -0.1) is 0 Å². The molecule has 0 radical (unpaired) electrons. The van der Waals surface area contributed by atoms with E-state index in [1.54, 1.807) is 0 Å². The van der Waals surface area contributed by atoms with Crippen molar-refractivity contribution in [2.75, 3.05) is 4.90 Å². The van der Waals surface area contributed by atoms with E-state index in [0.29, 0.717) is 5.92 Å². The van der Waals surface area contributed by atoms with E-state index in [1.807, 2.05) is 0 Å². The van der Waals surface area contributed by atoms with Crippen molar-refractivity contribution in [2.24, 2.45) is 5.92 Å². The third kappa shape index (κ3) is 4.95. The largest absolute Gasteiger partial charge is 0.310 e. The second kappa shape index (κ2) is 8.68. The second-order valence-corrected chi connectivity index (χ2v) is 10.1. The van der Waals surface area contributed by atoms with Gasteiger partial charge in [0.05, 0.1) is 0 Å². The van der Waals surface area contributed by atoms with Crippen LogP contribution in [0.25, 0.3) is 0 Å². The third-order valence-electron chi connectivity index (χ3n) is 6.00. The molecule has 1 heteroatoms. The van der Waals surface area contributed by atoms with Crippen LogP contribution < -0.4 is 4.90 Å². The fraction of sp³-hybridized carbons (Fsp3) is 0.379. The number of benzene rings is 3. The Kier molecular flexibility index (Phi) is 6.41. The van der Waals surface area contributed by atoms with Crippen LogP contribution in [0.5, 0.6) is 0 Å². The maximum atomic E-state index is 2.38. The van der Waals surface area contributed by atoms with Crippen molar-refractivity contribution in [3.8, 4) is 0 Å². The SMILES string of the molecule is Cc1cc(N(c2ccc(CC(C)C)cc2)c2ccc(C(C)(C)C)cc2)cc(C)c1C. The van der Waals surface area contributed by atoms with Gasteiger partial charge in [0, 0.05) is 17.1 Å². The number of anilines is 3. The molecular weight excluding hydrogens is 362 g/mol. The molecule has 3 rings (SSSR count). The minimum atomic E-state index is 0.152. The average Bonchev–Trinajstić information content (AvgIpc) is 2.67. The summed E-state index contributed by atoms with van der Waals surface area (Å²) in [5.41, 5.74) is 10.6. The molecule has 0 aliphatic heterocycles. The average molecular weight is 400 g/mol. The monoisotopic (exact) mass is 399 g/mol. The van der Waals surface area contributed by atoms with Crippen LogP contribution in [0.1, 0.15) is 62.4 Å². The molecule has 0 fully saturated rings. The van der Waals surface area contributed by atoms with Crippen molar-refractivity contribution in [3.63, 3.8) is 0 Å². The Morgan fingerprint density at radius 2 is 1.17 bits per heavy atom. The maximum Gasteiger partial charge on any atom is 0.0467 e. The van der Waals surface area contributed by atoms with E-state index in [2.05, 4.69) is 121 Å². The van der Waals surface area contributed by atoms with Crippen molar-refractivity contribution in [2.45, 2.75) is 67.2 Å². The normalized spacial score (nSPS) is 11.8. The summed E-state index contributed by atoms with van der Waals surface area (Å²) in [5, 5.41) is 0. The molecule has 30 heavy (non-hydrogen) atoms. The zero-order valence-electron chi connectivity index (χ0n) is 20.0. The van der Waals surface area contributed by atoms with Crippen LogP contribution in [0.3, 0.4) is 0 Å². The highest BCUT2D eigenvalue weighted by Gasteiger charge is 2.17. The first-order valence-electron chi connectivity index (χ1n) is 11.1. The first-order valence-corrected chi connectivity index (χ1v) is 11.1.